The van der Waals surface area contributed by atoms with Gasteiger partial charge in [-0.05, 0) is 56.2 Å². The average Bonchev–Trinajstić information content (AvgIpc) is 2.44. The number of hydrogen-bond donors (Lipinski definition) is 1. The zero-order chi connectivity index (χ0) is 17.0. The summed E-state index contributed by atoms with van der Waals surface area (Å²) in [5, 5.41) is 2.75. The molecule has 2 rings (SSSR count). The first-order chi connectivity index (χ1) is 10.8. The molecule has 0 aromatic heterocycles. The maximum Gasteiger partial charge on any atom is 0.225 e. The van der Waals surface area contributed by atoms with E-state index in [0.29, 0.717) is 5.69 Å². The predicted octanol–water partition coefficient (Wildman–Crippen LogP) is 3.41. The van der Waals surface area contributed by atoms with Crippen molar-refractivity contribution in [2.75, 3.05) is 11.1 Å². The third-order valence-corrected chi connectivity index (χ3v) is 5.22. The fraction of sp³-hybridized carbons (Fsp3) is 0.278. The third kappa shape index (κ3) is 4.93. The van der Waals surface area contributed by atoms with Crippen molar-refractivity contribution in [3.63, 3.8) is 0 Å². The molecule has 0 bridgehead atoms. The van der Waals surface area contributed by atoms with Crippen LogP contribution in [-0.4, -0.2) is 20.1 Å². The molecule has 4 nitrogen and oxygen atoms in total. The largest absolute Gasteiger partial charge is 0.326 e. The molecule has 5 heteroatoms. The summed E-state index contributed by atoms with van der Waals surface area (Å²) in [6.07, 6.45) is -0.0663. The van der Waals surface area contributed by atoms with Crippen molar-refractivity contribution in [1.29, 1.82) is 0 Å². The number of carbonyl (C=O) groups is 1. The summed E-state index contributed by atoms with van der Waals surface area (Å²) in [4.78, 5) is 12.2. The van der Waals surface area contributed by atoms with Gasteiger partial charge in [0.25, 0.3) is 0 Å². The molecule has 2 aromatic rings. The van der Waals surface area contributed by atoms with Gasteiger partial charge < -0.3 is 5.32 Å². The zero-order valence-corrected chi connectivity index (χ0v) is 14.4. The van der Waals surface area contributed by atoms with E-state index in [1.807, 2.05) is 39.0 Å². The normalized spacial score (nSPS) is 11.3. The molecule has 0 saturated carbocycles. The molecule has 0 saturated heterocycles. The maximum atomic E-state index is 12.2. The molecule has 0 heterocycles. The van der Waals surface area contributed by atoms with Gasteiger partial charge in [0.2, 0.25) is 5.91 Å². The van der Waals surface area contributed by atoms with Crippen LogP contribution in [0.25, 0.3) is 0 Å². The summed E-state index contributed by atoms with van der Waals surface area (Å²) in [7, 11) is -3.44. The minimum atomic E-state index is -3.44. The number of aryl methyl sites for hydroxylation is 3. The molecule has 0 aliphatic carbocycles. The summed E-state index contributed by atoms with van der Waals surface area (Å²) in [6, 6.07) is 12.4. The van der Waals surface area contributed by atoms with Crippen LogP contribution in [-0.2, 0) is 14.6 Å². The van der Waals surface area contributed by atoms with E-state index in [1.54, 1.807) is 24.3 Å². The van der Waals surface area contributed by atoms with Gasteiger partial charge in [0.15, 0.2) is 9.84 Å². The third-order valence-electron chi connectivity index (χ3n) is 3.48. The second-order valence-electron chi connectivity index (χ2n) is 5.81. The lowest BCUT2D eigenvalue weighted by atomic mass is 10.1. The highest BCUT2D eigenvalue weighted by molar-refractivity contribution is 7.91. The van der Waals surface area contributed by atoms with E-state index in [9.17, 15) is 13.2 Å². The molecule has 0 atom stereocenters. The van der Waals surface area contributed by atoms with E-state index in [1.165, 1.54) is 0 Å². The second kappa shape index (κ2) is 6.96. The van der Waals surface area contributed by atoms with Crippen LogP contribution < -0.4 is 5.32 Å². The van der Waals surface area contributed by atoms with Gasteiger partial charge in [-0.15, -0.1) is 0 Å². The number of nitrogens with one attached hydrogen (secondary N) is 1. The summed E-state index contributed by atoms with van der Waals surface area (Å²) in [5.41, 5.74) is 3.79. The number of rotatable bonds is 5. The van der Waals surface area contributed by atoms with Crippen LogP contribution >= 0.6 is 0 Å². The van der Waals surface area contributed by atoms with E-state index in [0.717, 1.165) is 16.7 Å². The molecule has 0 radical (unpaired) electrons. The highest BCUT2D eigenvalue weighted by Crippen LogP contribution is 2.16. The number of hydrogen-bond acceptors (Lipinski definition) is 3. The molecule has 1 amide bonds. The van der Waals surface area contributed by atoms with Crippen LogP contribution in [0, 0.1) is 20.8 Å². The summed E-state index contributed by atoms with van der Waals surface area (Å²) >= 11 is 0. The van der Waals surface area contributed by atoms with Crippen molar-refractivity contribution in [3.05, 3.63) is 59.2 Å². The fourth-order valence-electron chi connectivity index (χ4n) is 2.36. The monoisotopic (exact) mass is 331 g/mol. The van der Waals surface area contributed by atoms with Gasteiger partial charge >= 0.3 is 0 Å². The summed E-state index contributed by atoms with van der Waals surface area (Å²) in [5.74, 6) is -0.502. The average molecular weight is 331 g/mol. The lowest BCUT2D eigenvalue weighted by Gasteiger charge is -2.08. The number of carbonyl (C=O) groups excluding carboxylic acids is 1. The molecular formula is C18H21NO3S. The lowest BCUT2D eigenvalue weighted by molar-refractivity contribution is -0.115. The van der Waals surface area contributed by atoms with E-state index >= 15 is 0 Å². The zero-order valence-electron chi connectivity index (χ0n) is 13.6. The van der Waals surface area contributed by atoms with Crippen molar-refractivity contribution < 1.29 is 13.2 Å². The van der Waals surface area contributed by atoms with Crippen molar-refractivity contribution in [2.24, 2.45) is 0 Å². The fourth-order valence-corrected chi connectivity index (χ4v) is 3.60. The molecule has 0 aliphatic rings. The van der Waals surface area contributed by atoms with Gasteiger partial charge in [0, 0.05) is 12.1 Å². The quantitative estimate of drug-likeness (QED) is 0.913. The number of benzene rings is 2. The van der Waals surface area contributed by atoms with E-state index in [2.05, 4.69) is 5.32 Å². The molecule has 0 unspecified atom stereocenters. The highest BCUT2D eigenvalue weighted by Gasteiger charge is 2.16. The van der Waals surface area contributed by atoms with Gasteiger partial charge in [-0.25, -0.2) is 8.42 Å². The molecule has 0 fully saturated rings. The number of amides is 1. The van der Waals surface area contributed by atoms with Crippen LogP contribution in [0.4, 0.5) is 5.69 Å². The second-order valence-corrected chi connectivity index (χ2v) is 7.92. The Bertz CT molecular complexity index is 788. The molecule has 2 aromatic carbocycles. The van der Waals surface area contributed by atoms with E-state index in [-0.39, 0.29) is 23.0 Å². The first kappa shape index (κ1) is 17.2. The van der Waals surface area contributed by atoms with Crippen molar-refractivity contribution in [2.45, 2.75) is 32.1 Å². The summed E-state index contributed by atoms with van der Waals surface area (Å²) < 4.78 is 24.5. The Kier molecular flexibility index (Phi) is 5.21. The molecule has 0 aliphatic heterocycles. The molecule has 23 heavy (non-hydrogen) atoms. The minimum absolute atomic E-state index is 0.0663. The van der Waals surface area contributed by atoms with Gasteiger partial charge in [0.05, 0.1) is 10.6 Å². The van der Waals surface area contributed by atoms with Crippen molar-refractivity contribution in [1.82, 2.24) is 0 Å². The minimum Gasteiger partial charge on any atom is -0.326 e. The highest BCUT2D eigenvalue weighted by atomic mass is 32.2. The Balaban J connectivity index is 1.99. The van der Waals surface area contributed by atoms with Crippen LogP contribution in [0.3, 0.4) is 0 Å². The van der Waals surface area contributed by atoms with Crippen molar-refractivity contribution >= 4 is 21.4 Å². The Hall–Kier alpha value is -2.14. The van der Waals surface area contributed by atoms with Crippen LogP contribution in [0.5, 0.6) is 0 Å². The molecule has 1 N–H and O–H groups in total. The standard InChI is InChI=1S/C18H21NO3S/c1-13-4-6-17(7-5-13)23(21,22)9-8-18(20)19-16-11-14(2)10-15(3)12-16/h4-7,10-12H,8-9H2,1-3H3,(H,19,20). The van der Waals surface area contributed by atoms with Crippen LogP contribution in [0.2, 0.25) is 0 Å². The Labute approximate surface area is 137 Å². The van der Waals surface area contributed by atoms with Crippen molar-refractivity contribution in [3.8, 4) is 0 Å². The first-order valence-electron chi connectivity index (χ1n) is 7.44. The van der Waals surface area contributed by atoms with E-state index in [4.69, 9.17) is 0 Å². The summed E-state index contributed by atoms with van der Waals surface area (Å²) in [6.45, 7) is 5.79. The van der Waals surface area contributed by atoms with Gasteiger partial charge in [-0.1, -0.05) is 23.8 Å². The van der Waals surface area contributed by atoms with Gasteiger partial charge in [-0.3, -0.25) is 4.79 Å². The van der Waals surface area contributed by atoms with Gasteiger partial charge in [-0.2, -0.15) is 0 Å². The molecule has 0 spiro atoms. The number of sulfone groups is 1. The van der Waals surface area contributed by atoms with E-state index < -0.39 is 9.84 Å². The van der Waals surface area contributed by atoms with Crippen LogP contribution in [0.1, 0.15) is 23.1 Å². The predicted molar refractivity (Wildman–Crippen MR) is 92.4 cm³/mol. The Morgan fingerprint density at radius 3 is 2.04 bits per heavy atom. The SMILES string of the molecule is Cc1ccc(S(=O)(=O)CCC(=O)Nc2cc(C)cc(C)c2)cc1. The number of anilines is 1. The molecular weight excluding hydrogens is 310 g/mol. The lowest BCUT2D eigenvalue weighted by Crippen LogP contribution is -2.17. The topological polar surface area (TPSA) is 63.2 Å². The smallest absolute Gasteiger partial charge is 0.225 e. The van der Waals surface area contributed by atoms with Crippen LogP contribution in [0.15, 0.2) is 47.4 Å². The molecule has 122 valence electrons. The Morgan fingerprint density at radius 1 is 0.913 bits per heavy atom. The Morgan fingerprint density at radius 2 is 1.48 bits per heavy atom. The van der Waals surface area contributed by atoms with Gasteiger partial charge in [0.1, 0.15) is 0 Å². The maximum absolute atomic E-state index is 12.2. The first-order valence-corrected chi connectivity index (χ1v) is 9.09.